The van der Waals surface area contributed by atoms with Gasteiger partial charge in [-0.05, 0) is 36.0 Å². The molecule has 0 saturated heterocycles. The Balaban J connectivity index is 1.84. The van der Waals surface area contributed by atoms with Gasteiger partial charge in [0.1, 0.15) is 17.1 Å². The summed E-state index contributed by atoms with van der Waals surface area (Å²) in [6.07, 6.45) is 2.80. The number of alkyl halides is 2. The number of rotatable bonds is 7. The minimum Gasteiger partial charge on any atom is -0.491 e. The number of ether oxygens (including phenoxy) is 1. The first kappa shape index (κ1) is 17.8. The second-order valence-electron chi connectivity index (χ2n) is 5.65. The van der Waals surface area contributed by atoms with Crippen LogP contribution in [-0.4, -0.2) is 33.9 Å². The van der Waals surface area contributed by atoms with Gasteiger partial charge in [-0.3, -0.25) is 0 Å². The van der Waals surface area contributed by atoms with Gasteiger partial charge in [0.25, 0.3) is 5.92 Å². The van der Waals surface area contributed by atoms with Gasteiger partial charge in [0, 0.05) is 16.7 Å². The van der Waals surface area contributed by atoms with E-state index in [1.165, 1.54) is 6.20 Å². The topological polar surface area (TPSA) is 73.1 Å². The number of hydrogen-bond acceptors (Lipinski definition) is 6. The molecule has 3 rings (SSSR count). The van der Waals surface area contributed by atoms with E-state index in [9.17, 15) is 8.78 Å². The Morgan fingerprint density at radius 1 is 1.48 bits per heavy atom. The molecule has 3 N–H and O–H groups in total. The van der Waals surface area contributed by atoms with Crippen molar-refractivity contribution in [3.05, 3.63) is 35.8 Å². The van der Waals surface area contributed by atoms with Crippen LogP contribution in [0.15, 0.2) is 30.5 Å². The van der Waals surface area contributed by atoms with Crippen molar-refractivity contribution >= 4 is 45.4 Å². The summed E-state index contributed by atoms with van der Waals surface area (Å²) in [6, 6.07) is 5.19. The first-order chi connectivity index (χ1) is 11.9. The predicted molar refractivity (Wildman–Crippen MR) is 97.5 cm³/mol. The number of nitrogens with two attached hydrogens (primary N) is 1. The summed E-state index contributed by atoms with van der Waals surface area (Å²) in [5.74, 6) is -2.52. The van der Waals surface area contributed by atoms with Crippen LogP contribution in [-0.2, 0) is 0 Å². The largest absolute Gasteiger partial charge is 0.491 e. The highest BCUT2D eigenvalue weighted by Gasteiger charge is 2.57. The number of para-hydroxylation sites is 1. The monoisotopic (exact) mass is 384 g/mol. The minimum atomic E-state index is -2.63. The first-order valence-electron chi connectivity index (χ1n) is 7.52. The standard InChI is InChI=1S/C16H15ClF2N4OS/c17-15-22-13-11(14(23-15)21-7-10(25)4-5-20)2-1-3-12(13)24-8-9-6-16(9,18)19/h1-5,9H,6-8,20H2,(H,21,22,23). The molecule has 2 aromatic rings. The fourth-order valence-electron chi connectivity index (χ4n) is 2.33. The van der Waals surface area contributed by atoms with Gasteiger partial charge >= 0.3 is 0 Å². The van der Waals surface area contributed by atoms with Crippen LogP contribution in [0.5, 0.6) is 5.75 Å². The fraction of sp³-hybridized carbons (Fsp3) is 0.312. The number of fused-ring (bicyclic) bond motifs is 1. The molecule has 1 aliphatic carbocycles. The second kappa shape index (κ2) is 7.05. The first-order valence-corrected chi connectivity index (χ1v) is 8.31. The molecule has 1 fully saturated rings. The zero-order chi connectivity index (χ0) is 18.0. The second-order valence-corrected chi connectivity index (χ2v) is 6.51. The summed E-state index contributed by atoms with van der Waals surface area (Å²) in [5, 5.41) is 3.74. The average Bonchev–Trinajstić information content (AvgIpc) is 3.18. The lowest BCUT2D eigenvalue weighted by molar-refractivity contribution is 0.0858. The van der Waals surface area contributed by atoms with E-state index in [2.05, 4.69) is 15.3 Å². The van der Waals surface area contributed by atoms with Crippen molar-refractivity contribution < 1.29 is 13.5 Å². The number of anilines is 1. The van der Waals surface area contributed by atoms with Crippen LogP contribution in [0, 0.1) is 5.92 Å². The summed E-state index contributed by atoms with van der Waals surface area (Å²) in [6.45, 7) is 0.271. The number of hydrogen-bond donors (Lipinski definition) is 2. The van der Waals surface area contributed by atoms with E-state index >= 15 is 0 Å². The molecular weight excluding hydrogens is 370 g/mol. The van der Waals surface area contributed by atoms with E-state index < -0.39 is 11.8 Å². The molecule has 1 aliphatic rings. The van der Waals surface area contributed by atoms with E-state index in [4.69, 9.17) is 34.3 Å². The Labute approximate surface area is 153 Å². The summed E-state index contributed by atoms with van der Waals surface area (Å²) in [7, 11) is 0. The van der Waals surface area contributed by atoms with Crippen LogP contribution in [0.25, 0.3) is 10.9 Å². The van der Waals surface area contributed by atoms with Crippen molar-refractivity contribution in [3.63, 3.8) is 0 Å². The average molecular weight is 385 g/mol. The molecule has 1 heterocycles. The quantitative estimate of drug-likeness (QED) is 0.432. The molecule has 9 heteroatoms. The van der Waals surface area contributed by atoms with Gasteiger partial charge in [-0.1, -0.05) is 18.3 Å². The van der Waals surface area contributed by atoms with Gasteiger partial charge in [0.05, 0.1) is 19.1 Å². The molecule has 0 radical (unpaired) electrons. The van der Waals surface area contributed by atoms with Crippen molar-refractivity contribution in [1.82, 2.24) is 9.97 Å². The SMILES string of the molecule is NC=CC(=S)CNc1nc(Cl)nc2c(OCC3CC3(F)F)cccc12. The number of nitrogens with zero attached hydrogens (tertiary/aromatic N) is 2. The third-order valence-electron chi connectivity index (χ3n) is 3.77. The highest BCUT2D eigenvalue weighted by Crippen LogP contribution is 2.48. The molecular formula is C16H15ClF2N4OS. The lowest BCUT2D eigenvalue weighted by Gasteiger charge is -2.12. The molecule has 0 spiro atoms. The van der Waals surface area contributed by atoms with E-state index in [-0.39, 0.29) is 18.3 Å². The summed E-state index contributed by atoms with van der Waals surface area (Å²) >= 11 is 11.1. The number of aromatic nitrogens is 2. The lowest BCUT2D eigenvalue weighted by Crippen LogP contribution is -2.12. The molecule has 0 amide bonds. The molecule has 1 atom stereocenters. The maximum Gasteiger partial charge on any atom is 0.255 e. The van der Waals surface area contributed by atoms with Gasteiger partial charge in [0.15, 0.2) is 0 Å². The summed E-state index contributed by atoms with van der Waals surface area (Å²) < 4.78 is 31.6. The Kier molecular flexibility index (Phi) is 5.01. The molecule has 25 heavy (non-hydrogen) atoms. The summed E-state index contributed by atoms with van der Waals surface area (Å²) in [4.78, 5) is 8.92. The Hall–Kier alpha value is -2.06. The molecule has 1 aromatic heterocycles. The fourth-order valence-corrected chi connectivity index (χ4v) is 2.65. The summed E-state index contributed by atoms with van der Waals surface area (Å²) in [5.41, 5.74) is 5.76. The highest BCUT2D eigenvalue weighted by molar-refractivity contribution is 7.80. The third kappa shape index (κ3) is 4.13. The van der Waals surface area contributed by atoms with E-state index in [1.54, 1.807) is 24.3 Å². The van der Waals surface area contributed by atoms with Crippen molar-refractivity contribution in [3.8, 4) is 5.75 Å². The Morgan fingerprint density at radius 2 is 2.24 bits per heavy atom. The van der Waals surface area contributed by atoms with E-state index in [1.807, 2.05) is 0 Å². The number of nitrogens with one attached hydrogen (secondary N) is 1. The Morgan fingerprint density at radius 3 is 2.92 bits per heavy atom. The Bertz CT molecular complexity index is 846. The smallest absolute Gasteiger partial charge is 0.255 e. The molecule has 0 bridgehead atoms. The van der Waals surface area contributed by atoms with Gasteiger partial charge < -0.3 is 15.8 Å². The number of benzene rings is 1. The highest BCUT2D eigenvalue weighted by atomic mass is 35.5. The van der Waals surface area contributed by atoms with Crippen LogP contribution in [0.4, 0.5) is 14.6 Å². The lowest BCUT2D eigenvalue weighted by atomic mass is 10.2. The van der Waals surface area contributed by atoms with Gasteiger partial charge in [-0.25, -0.2) is 18.7 Å². The van der Waals surface area contributed by atoms with Crippen LogP contribution < -0.4 is 15.8 Å². The van der Waals surface area contributed by atoms with Gasteiger partial charge in [-0.2, -0.15) is 0 Å². The van der Waals surface area contributed by atoms with Crippen molar-refractivity contribution in [2.24, 2.45) is 11.7 Å². The molecule has 132 valence electrons. The van der Waals surface area contributed by atoms with E-state index in [0.717, 1.165) is 0 Å². The third-order valence-corrected chi connectivity index (χ3v) is 4.22. The maximum absolute atomic E-state index is 13.0. The van der Waals surface area contributed by atoms with Crippen molar-refractivity contribution in [1.29, 1.82) is 0 Å². The molecule has 1 unspecified atom stereocenters. The zero-order valence-electron chi connectivity index (χ0n) is 13.0. The number of thiocarbonyl (C=S) groups is 1. The predicted octanol–water partition coefficient (Wildman–Crippen LogP) is 3.57. The van der Waals surface area contributed by atoms with Crippen LogP contribution in [0.3, 0.4) is 0 Å². The normalized spacial score (nSPS) is 18.4. The van der Waals surface area contributed by atoms with Gasteiger partial charge in [-0.15, -0.1) is 0 Å². The number of halogens is 3. The van der Waals surface area contributed by atoms with Crippen LogP contribution >= 0.6 is 23.8 Å². The molecule has 0 aliphatic heterocycles. The van der Waals surface area contributed by atoms with Crippen LogP contribution in [0.2, 0.25) is 5.28 Å². The molecule has 1 saturated carbocycles. The van der Waals surface area contributed by atoms with Crippen LogP contribution in [0.1, 0.15) is 6.42 Å². The van der Waals surface area contributed by atoms with E-state index in [0.29, 0.717) is 33.9 Å². The molecule has 1 aromatic carbocycles. The van der Waals surface area contributed by atoms with Crippen molar-refractivity contribution in [2.45, 2.75) is 12.3 Å². The maximum atomic E-state index is 13.0. The van der Waals surface area contributed by atoms with Crippen molar-refractivity contribution in [2.75, 3.05) is 18.5 Å². The molecule has 5 nitrogen and oxygen atoms in total. The minimum absolute atomic E-state index is 0.0167. The zero-order valence-corrected chi connectivity index (χ0v) is 14.6. The van der Waals surface area contributed by atoms with Gasteiger partial charge in [0.2, 0.25) is 5.28 Å².